The molecule has 0 radical (unpaired) electrons. The van der Waals surface area contributed by atoms with Crippen LogP contribution < -0.4 is 0 Å². The summed E-state index contributed by atoms with van der Waals surface area (Å²) in [5.74, 6) is 3.03. The molecule has 3 aliphatic rings. The maximum absolute atomic E-state index is 10.1. The maximum atomic E-state index is 10.1. The predicted octanol–water partition coefficient (Wildman–Crippen LogP) is 5.45. The van der Waals surface area contributed by atoms with E-state index in [1.54, 1.807) is 5.56 Å². The molecular weight excluding hydrogens is 268 g/mol. The molecule has 22 heavy (non-hydrogen) atoms. The van der Waals surface area contributed by atoms with Gasteiger partial charge in [-0.1, -0.05) is 39.7 Å². The lowest BCUT2D eigenvalue weighted by molar-refractivity contribution is 0.207. The van der Waals surface area contributed by atoms with Crippen LogP contribution in [-0.2, 0) is 11.8 Å². The van der Waals surface area contributed by atoms with Gasteiger partial charge in [-0.15, -0.1) is 0 Å². The quantitative estimate of drug-likeness (QED) is 0.787. The van der Waals surface area contributed by atoms with Gasteiger partial charge in [-0.05, 0) is 83.9 Å². The van der Waals surface area contributed by atoms with Gasteiger partial charge in [0.2, 0.25) is 0 Å². The van der Waals surface area contributed by atoms with Crippen LogP contribution in [0.3, 0.4) is 0 Å². The third-order valence-corrected chi connectivity index (χ3v) is 7.49. The highest BCUT2D eigenvalue weighted by atomic mass is 16.3. The summed E-state index contributed by atoms with van der Waals surface area (Å²) in [6.07, 6.45) is 9.40. The van der Waals surface area contributed by atoms with Gasteiger partial charge in [0.05, 0.1) is 0 Å². The summed E-state index contributed by atoms with van der Waals surface area (Å²) in [4.78, 5) is 0. The zero-order chi connectivity index (χ0) is 15.5. The first kappa shape index (κ1) is 14.6. The van der Waals surface area contributed by atoms with Gasteiger partial charge in [0, 0.05) is 0 Å². The molecule has 0 aliphatic heterocycles. The summed E-state index contributed by atoms with van der Waals surface area (Å²) in [5.41, 5.74) is 3.95. The number of fused-ring (bicyclic) bond motifs is 3. The van der Waals surface area contributed by atoms with Crippen molar-refractivity contribution in [1.29, 1.82) is 0 Å². The van der Waals surface area contributed by atoms with E-state index in [-0.39, 0.29) is 0 Å². The van der Waals surface area contributed by atoms with Gasteiger partial charge in [-0.3, -0.25) is 0 Å². The summed E-state index contributed by atoms with van der Waals surface area (Å²) in [5, 5.41) is 10.1. The first-order valence-corrected chi connectivity index (χ1v) is 9.33. The van der Waals surface area contributed by atoms with E-state index >= 15 is 0 Å². The Balaban J connectivity index is 1.86. The lowest BCUT2D eigenvalue weighted by atomic mass is 9.61. The average molecular weight is 298 g/mol. The monoisotopic (exact) mass is 298 g/mol. The minimum atomic E-state index is 0.340. The Bertz CT molecular complexity index is 592. The third kappa shape index (κ3) is 1.77. The zero-order valence-corrected chi connectivity index (χ0v) is 14.4. The zero-order valence-electron chi connectivity index (χ0n) is 14.4. The number of hydrogen-bond donors (Lipinski definition) is 1. The van der Waals surface area contributed by atoms with Crippen LogP contribution in [0.5, 0.6) is 5.75 Å². The van der Waals surface area contributed by atoms with E-state index < -0.39 is 0 Å². The van der Waals surface area contributed by atoms with E-state index in [0.717, 1.165) is 17.8 Å². The molecule has 1 N–H and O–H groups in total. The van der Waals surface area contributed by atoms with Gasteiger partial charge in [-0.25, -0.2) is 0 Å². The van der Waals surface area contributed by atoms with Crippen LogP contribution in [0.25, 0.3) is 0 Å². The van der Waals surface area contributed by atoms with Crippen LogP contribution in [-0.4, -0.2) is 5.11 Å². The molecule has 4 rings (SSSR count). The van der Waals surface area contributed by atoms with Crippen molar-refractivity contribution < 1.29 is 5.11 Å². The number of unbranched alkanes of at least 4 members (excludes halogenated alkanes) is 1. The molecule has 0 heterocycles. The van der Waals surface area contributed by atoms with Crippen molar-refractivity contribution in [3.63, 3.8) is 0 Å². The Hall–Kier alpha value is -0.980. The van der Waals surface area contributed by atoms with Crippen molar-refractivity contribution in [3.05, 3.63) is 29.3 Å². The Morgan fingerprint density at radius 1 is 1.27 bits per heavy atom. The van der Waals surface area contributed by atoms with Gasteiger partial charge < -0.3 is 5.11 Å². The second-order valence-corrected chi connectivity index (χ2v) is 8.76. The topological polar surface area (TPSA) is 20.2 Å². The van der Waals surface area contributed by atoms with Crippen LogP contribution >= 0.6 is 0 Å². The summed E-state index contributed by atoms with van der Waals surface area (Å²) in [6, 6.07) is 6.25. The van der Waals surface area contributed by atoms with Crippen molar-refractivity contribution in [2.75, 3.05) is 0 Å². The fraction of sp³-hybridized carbons (Fsp3) is 0.714. The Kier molecular flexibility index (Phi) is 3.16. The molecule has 1 aromatic carbocycles. The van der Waals surface area contributed by atoms with Crippen LogP contribution in [0, 0.1) is 23.2 Å². The highest BCUT2D eigenvalue weighted by Gasteiger charge is 2.64. The van der Waals surface area contributed by atoms with E-state index in [1.807, 2.05) is 6.07 Å². The van der Waals surface area contributed by atoms with E-state index in [1.165, 1.54) is 50.5 Å². The summed E-state index contributed by atoms with van der Waals surface area (Å²) in [6.45, 7) is 7.29. The Morgan fingerprint density at radius 2 is 2.09 bits per heavy atom. The van der Waals surface area contributed by atoms with Crippen LogP contribution in [0.2, 0.25) is 0 Å². The normalized spacial score (nSPS) is 42.2. The van der Waals surface area contributed by atoms with E-state index in [0.29, 0.717) is 16.6 Å². The standard InChI is InChI=1S/C21H30O/c1-4-5-8-21-13-20(11-14(2)9-18(20)15(21)3)12-16-6-7-17(22)10-19(16)21/h6-7,10,14-15,18,22H,4-5,8-9,11-13H2,1-3H3. The minimum absolute atomic E-state index is 0.340. The number of benzene rings is 1. The molecule has 0 amide bonds. The maximum Gasteiger partial charge on any atom is 0.115 e. The molecule has 0 aromatic heterocycles. The van der Waals surface area contributed by atoms with Gasteiger partial charge in [0.15, 0.2) is 0 Å². The average Bonchev–Trinajstić information content (AvgIpc) is 2.88. The Labute approximate surface area is 135 Å². The highest BCUT2D eigenvalue weighted by molar-refractivity contribution is 5.46. The second-order valence-electron chi connectivity index (χ2n) is 8.76. The Morgan fingerprint density at radius 3 is 2.86 bits per heavy atom. The molecule has 3 aliphatic carbocycles. The van der Waals surface area contributed by atoms with E-state index in [2.05, 4.69) is 32.9 Å². The van der Waals surface area contributed by atoms with Gasteiger partial charge in [0.25, 0.3) is 0 Å². The molecule has 2 saturated carbocycles. The predicted molar refractivity (Wildman–Crippen MR) is 91.1 cm³/mol. The molecule has 1 aromatic rings. The number of phenolic OH excluding ortho intramolecular Hbond substituents is 1. The van der Waals surface area contributed by atoms with E-state index in [4.69, 9.17) is 0 Å². The van der Waals surface area contributed by atoms with Gasteiger partial charge in [-0.2, -0.15) is 0 Å². The largest absolute Gasteiger partial charge is 0.508 e. The molecule has 2 fully saturated rings. The van der Waals surface area contributed by atoms with Crippen LogP contribution in [0.4, 0.5) is 0 Å². The molecule has 1 heteroatoms. The minimum Gasteiger partial charge on any atom is -0.508 e. The van der Waals surface area contributed by atoms with Crippen molar-refractivity contribution in [2.45, 2.75) is 71.1 Å². The van der Waals surface area contributed by atoms with Crippen molar-refractivity contribution in [2.24, 2.45) is 23.2 Å². The lowest BCUT2D eigenvalue weighted by Gasteiger charge is -2.43. The van der Waals surface area contributed by atoms with Crippen molar-refractivity contribution in [1.82, 2.24) is 0 Å². The molecule has 5 atom stereocenters. The smallest absolute Gasteiger partial charge is 0.115 e. The highest BCUT2D eigenvalue weighted by Crippen LogP contribution is 2.70. The molecular formula is C21H30O. The first-order chi connectivity index (χ1) is 10.5. The van der Waals surface area contributed by atoms with Gasteiger partial charge in [0.1, 0.15) is 5.75 Å². The van der Waals surface area contributed by atoms with Crippen molar-refractivity contribution >= 4 is 0 Å². The first-order valence-electron chi connectivity index (χ1n) is 9.33. The number of aromatic hydroxyl groups is 1. The second kappa shape index (κ2) is 4.76. The van der Waals surface area contributed by atoms with Crippen LogP contribution in [0.1, 0.15) is 70.4 Å². The molecule has 1 spiro atoms. The summed E-state index contributed by atoms with van der Waals surface area (Å²) >= 11 is 0. The number of rotatable bonds is 3. The van der Waals surface area contributed by atoms with Gasteiger partial charge >= 0.3 is 0 Å². The van der Waals surface area contributed by atoms with Crippen LogP contribution in [0.15, 0.2) is 18.2 Å². The molecule has 0 saturated heterocycles. The fourth-order valence-corrected chi connectivity index (χ4v) is 6.83. The number of phenols is 1. The molecule has 120 valence electrons. The lowest BCUT2D eigenvalue weighted by Crippen LogP contribution is -2.36. The molecule has 1 nitrogen and oxygen atoms in total. The summed E-state index contributed by atoms with van der Waals surface area (Å²) < 4.78 is 0. The molecule has 5 unspecified atom stereocenters. The number of hydrogen-bond acceptors (Lipinski definition) is 1. The molecule has 2 bridgehead atoms. The van der Waals surface area contributed by atoms with Crippen molar-refractivity contribution in [3.8, 4) is 5.75 Å². The third-order valence-electron chi connectivity index (χ3n) is 7.49. The fourth-order valence-electron chi connectivity index (χ4n) is 6.83. The summed E-state index contributed by atoms with van der Waals surface area (Å²) in [7, 11) is 0. The SMILES string of the molecule is CCCCC12CC3(Cc4ccc(O)cc41)CC(C)CC3C2C. The van der Waals surface area contributed by atoms with E-state index in [9.17, 15) is 5.11 Å².